The maximum absolute atomic E-state index is 12.9. The summed E-state index contributed by atoms with van der Waals surface area (Å²) in [6, 6.07) is 10.6. The van der Waals surface area contributed by atoms with E-state index in [1.165, 1.54) is 12.1 Å². The van der Waals surface area contributed by atoms with Gasteiger partial charge >= 0.3 is 6.18 Å². The van der Waals surface area contributed by atoms with Crippen molar-refractivity contribution < 1.29 is 18.0 Å². The Labute approximate surface area is 188 Å². The number of hydrogen-bond acceptors (Lipinski definition) is 5. The Bertz CT molecular complexity index is 1140. The van der Waals surface area contributed by atoms with Crippen LogP contribution in [0.2, 0.25) is 0 Å². The van der Waals surface area contributed by atoms with Crippen LogP contribution in [-0.4, -0.2) is 49.2 Å². The average Bonchev–Trinajstić information content (AvgIpc) is 3.11. The molecule has 1 N–H and O–H groups in total. The molecule has 1 fully saturated rings. The molecule has 0 radical (unpaired) electrons. The van der Waals surface area contributed by atoms with Crippen LogP contribution in [0.5, 0.6) is 0 Å². The van der Waals surface area contributed by atoms with Crippen molar-refractivity contribution in [3.63, 3.8) is 0 Å². The van der Waals surface area contributed by atoms with Gasteiger partial charge in [-0.2, -0.15) is 18.3 Å². The molecule has 10 heteroatoms. The molecule has 7 nitrogen and oxygen atoms in total. The van der Waals surface area contributed by atoms with E-state index in [1.54, 1.807) is 10.9 Å². The summed E-state index contributed by atoms with van der Waals surface area (Å²) in [5.41, 5.74) is 0.376. The molecule has 2 aliphatic rings. The number of fused-ring (bicyclic) bond motifs is 1. The third-order valence-electron chi connectivity index (χ3n) is 6.34. The lowest BCUT2D eigenvalue weighted by Crippen LogP contribution is -2.56. The van der Waals surface area contributed by atoms with Crippen molar-refractivity contribution in [3.05, 3.63) is 65.7 Å². The standard InChI is InChI=1S/C23H23F3N6O/c24-23(25,26)17-6-4-16(5-7-17)21-28-19-13-22(29-20(33)15-32(19)30-21)8-11-31(12-9-22)14-18-3-1-2-10-27-18/h1-7,10H,8-9,11-15H2,(H,29,33). The van der Waals surface area contributed by atoms with E-state index in [0.29, 0.717) is 23.6 Å². The lowest BCUT2D eigenvalue weighted by Gasteiger charge is -2.41. The van der Waals surface area contributed by atoms with Crippen LogP contribution in [0.4, 0.5) is 13.2 Å². The molecule has 0 unspecified atom stereocenters. The molecule has 0 saturated carbocycles. The largest absolute Gasteiger partial charge is 0.416 e. The molecule has 0 aliphatic carbocycles. The van der Waals surface area contributed by atoms with Crippen molar-refractivity contribution in [2.45, 2.75) is 44.1 Å². The van der Waals surface area contributed by atoms with Gasteiger partial charge in [0, 0.05) is 43.4 Å². The summed E-state index contributed by atoms with van der Waals surface area (Å²) in [5, 5.41) is 7.60. The molecular weight excluding hydrogens is 433 g/mol. The van der Waals surface area contributed by atoms with E-state index in [-0.39, 0.29) is 12.5 Å². The van der Waals surface area contributed by atoms with Crippen LogP contribution in [0.25, 0.3) is 11.4 Å². The zero-order chi connectivity index (χ0) is 23.1. The Morgan fingerprint density at radius 2 is 1.82 bits per heavy atom. The number of nitrogens with zero attached hydrogens (tertiary/aromatic N) is 5. The maximum Gasteiger partial charge on any atom is 0.416 e. The van der Waals surface area contributed by atoms with Gasteiger partial charge < -0.3 is 5.32 Å². The first-order chi connectivity index (χ1) is 15.8. The van der Waals surface area contributed by atoms with Gasteiger partial charge in [-0.3, -0.25) is 14.7 Å². The van der Waals surface area contributed by atoms with Crippen molar-refractivity contribution in [3.8, 4) is 11.4 Å². The molecule has 0 bridgehead atoms. The summed E-state index contributed by atoms with van der Waals surface area (Å²) in [7, 11) is 0. The third kappa shape index (κ3) is 4.61. The number of amides is 1. The lowest BCUT2D eigenvalue weighted by molar-refractivity contribution is -0.137. The number of nitrogens with one attached hydrogen (secondary N) is 1. The molecule has 33 heavy (non-hydrogen) atoms. The van der Waals surface area contributed by atoms with Gasteiger partial charge in [-0.15, -0.1) is 0 Å². The van der Waals surface area contributed by atoms with Crippen molar-refractivity contribution in [1.29, 1.82) is 0 Å². The molecular formula is C23H23F3N6O. The number of carbonyl (C=O) groups excluding carboxylic acids is 1. The second kappa shape index (κ2) is 8.26. The van der Waals surface area contributed by atoms with Gasteiger partial charge in [0.25, 0.3) is 0 Å². The molecule has 1 aromatic carbocycles. The predicted molar refractivity (Wildman–Crippen MR) is 114 cm³/mol. The first-order valence-corrected chi connectivity index (χ1v) is 10.8. The summed E-state index contributed by atoms with van der Waals surface area (Å²) in [6.45, 7) is 2.44. The number of aromatic nitrogens is 4. The third-order valence-corrected chi connectivity index (χ3v) is 6.34. The SMILES string of the molecule is O=C1Cn2nc(-c3ccc(C(F)(F)F)cc3)nc2CC2(CCN(Cc3ccccn3)CC2)N1. The average molecular weight is 456 g/mol. The minimum absolute atomic E-state index is 0.0440. The fourth-order valence-electron chi connectivity index (χ4n) is 4.54. The van der Waals surface area contributed by atoms with E-state index in [2.05, 4.69) is 25.3 Å². The smallest absolute Gasteiger partial charge is 0.349 e. The molecule has 2 aliphatic heterocycles. The van der Waals surface area contributed by atoms with E-state index >= 15 is 0 Å². The van der Waals surface area contributed by atoms with Crippen LogP contribution in [-0.2, 0) is 30.5 Å². The number of piperidine rings is 1. The monoisotopic (exact) mass is 456 g/mol. The second-order valence-corrected chi connectivity index (χ2v) is 8.69. The minimum Gasteiger partial charge on any atom is -0.349 e. The van der Waals surface area contributed by atoms with E-state index in [1.807, 2.05) is 18.2 Å². The molecule has 1 amide bonds. The summed E-state index contributed by atoms with van der Waals surface area (Å²) < 4.78 is 40.2. The Hall–Kier alpha value is -3.27. The van der Waals surface area contributed by atoms with E-state index in [4.69, 9.17) is 0 Å². The Balaban J connectivity index is 1.32. The topological polar surface area (TPSA) is 75.9 Å². The van der Waals surface area contributed by atoms with Crippen LogP contribution in [0.1, 0.15) is 29.9 Å². The fourth-order valence-corrected chi connectivity index (χ4v) is 4.54. The molecule has 1 spiro atoms. The summed E-state index contributed by atoms with van der Waals surface area (Å²) in [5.74, 6) is 0.869. The number of halogens is 3. The van der Waals surface area contributed by atoms with Gasteiger partial charge in [-0.25, -0.2) is 9.67 Å². The van der Waals surface area contributed by atoms with Gasteiger partial charge in [0.15, 0.2) is 5.82 Å². The number of pyridine rings is 1. The van der Waals surface area contributed by atoms with E-state index < -0.39 is 17.3 Å². The van der Waals surface area contributed by atoms with E-state index in [0.717, 1.165) is 50.3 Å². The zero-order valence-electron chi connectivity index (χ0n) is 17.8. The van der Waals surface area contributed by atoms with Crippen molar-refractivity contribution in [2.24, 2.45) is 0 Å². The van der Waals surface area contributed by atoms with Gasteiger partial charge in [0.2, 0.25) is 5.91 Å². The first-order valence-electron chi connectivity index (χ1n) is 10.8. The second-order valence-electron chi connectivity index (χ2n) is 8.69. The molecule has 2 aromatic heterocycles. The zero-order valence-corrected chi connectivity index (χ0v) is 17.8. The minimum atomic E-state index is -4.40. The van der Waals surface area contributed by atoms with Crippen molar-refractivity contribution >= 4 is 5.91 Å². The molecule has 0 atom stereocenters. The summed E-state index contributed by atoms with van der Waals surface area (Å²) in [4.78, 5) is 24.0. The van der Waals surface area contributed by atoms with Gasteiger partial charge in [0.05, 0.1) is 11.3 Å². The maximum atomic E-state index is 12.9. The summed E-state index contributed by atoms with van der Waals surface area (Å²) >= 11 is 0. The van der Waals surface area contributed by atoms with Crippen LogP contribution in [0.3, 0.4) is 0 Å². The van der Waals surface area contributed by atoms with Crippen LogP contribution in [0, 0.1) is 0 Å². The number of rotatable bonds is 3. The molecule has 4 heterocycles. The van der Waals surface area contributed by atoms with Gasteiger partial charge in [0.1, 0.15) is 12.4 Å². The highest BCUT2D eigenvalue weighted by atomic mass is 19.4. The molecule has 3 aromatic rings. The molecule has 172 valence electrons. The highest BCUT2D eigenvalue weighted by molar-refractivity contribution is 5.77. The van der Waals surface area contributed by atoms with Crippen LogP contribution < -0.4 is 5.32 Å². The first kappa shape index (κ1) is 21.6. The normalized spacial score (nSPS) is 18.6. The molecule has 5 rings (SSSR count). The number of carbonyl (C=O) groups is 1. The predicted octanol–water partition coefficient (Wildman–Crippen LogP) is 3.07. The number of benzene rings is 1. The molecule has 1 saturated heterocycles. The Morgan fingerprint density at radius 1 is 1.06 bits per heavy atom. The van der Waals surface area contributed by atoms with Gasteiger partial charge in [-0.1, -0.05) is 18.2 Å². The van der Waals surface area contributed by atoms with E-state index in [9.17, 15) is 18.0 Å². The quantitative estimate of drug-likeness (QED) is 0.656. The fraction of sp³-hybridized carbons (Fsp3) is 0.391. The van der Waals surface area contributed by atoms with Crippen LogP contribution in [0.15, 0.2) is 48.7 Å². The number of alkyl halides is 3. The van der Waals surface area contributed by atoms with Crippen molar-refractivity contribution in [2.75, 3.05) is 13.1 Å². The summed E-state index contributed by atoms with van der Waals surface area (Å²) in [6.07, 6.45) is -0.535. The highest BCUT2D eigenvalue weighted by Gasteiger charge is 2.40. The van der Waals surface area contributed by atoms with Gasteiger partial charge in [-0.05, 0) is 37.1 Å². The number of hydrogen-bond donors (Lipinski definition) is 1. The Morgan fingerprint density at radius 3 is 2.48 bits per heavy atom. The van der Waals surface area contributed by atoms with Crippen LogP contribution >= 0.6 is 0 Å². The van der Waals surface area contributed by atoms with Crippen molar-refractivity contribution in [1.82, 2.24) is 30.0 Å². The highest BCUT2D eigenvalue weighted by Crippen LogP contribution is 2.32. The number of likely N-dealkylation sites (tertiary alicyclic amines) is 1. The lowest BCUT2D eigenvalue weighted by atomic mass is 9.84. The Kier molecular flexibility index (Phi) is 5.40.